The van der Waals surface area contributed by atoms with Crippen LogP contribution >= 0.6 is 0 Å². The van der Waals surface area contributed by atoms with Crippen LogP contribution in [0.3, 0.4) is 0 Å². The van der Waals surface area contributed by atoms with E-state index in [0.717, 1.165) is 46.8 Å². The lowest BCUT2D eigenvalue weighted by Gasteiger charge is -2.31. The molecule has 10 aromatic rings. The van der Waals surface area contributed by atoms with Crippen LogP contribution in [-0.2, 0) is 0 Å². The molecular weight excluding hydrogens is 821 g/mol. The first-order chi connectivity index (χ1) is 33.7. The molecule has 0 fully saturated rings. The minimum Gasteiger partial charge on any atom is -0.314 e. The van der Waals surface area contributed by atoms with Gasteiger partial charge in [-0.1, -0.05) is 212 Å². The van der Waals surface area contributed by atoms with Crippen molar-refractivity contribution in [2.75, 3.05) is 9.80 Å². The first-order valence-corrected chi connectivity index (χ1v) is 23.5. The Labute approximate surface area is 400 Å². The first-order valence-electron chi connectivity index (χ1n) is 23.5. The Morgan fingerprint density at radius 2 is 0.588 bits per heavy atom. The smallest absolute Gasteiger partial charge is 0.0465 e. The van der Waals surface area contributed by atoms with Crippen LogP contribution in [0.5, 0.6) is 0 Å². The molecule has 0 heterocycles. The molecule has 0 radical (unpaired) electrons. The topological polar surface area (TPSA) is 6.48 Å². The van der Waals surface area contributed by atoms with E-state index < -0.39 is 0 Å². The average molecular weight is 871 g/mol. The number of allylic oxidation sites excluding steroid dienone is 4. The molecule has 2 heteroatoms. The highest BCUT2D eigenvalue weighted by molar-refractivity contribution is 5.97. The summed E-state index contributed by atoms with van der Waals surface area (Å²) < 4.78 is 0. The second-order valence-electron chi connectivity index (χ2n) is 17.2. The van der Waals surface area contributed by atoms with Crippen molar-refractivity contribution in [3.8, 4) is 55.6 Å². The van der Waals surface area contributed by atoms with E-state index in [0.29, 0.717) is 0 Å². The van der Waals surface area contributed by atoms with Gasteiger partial charge in [0.25, 0.3) is 0 Å². The van der Waals surface area contributed by atoms with Gasteiger partial charge in [0.1, 0.15) is 0 Å². The molecule has 0 unspecified atom stereocenters. The summed E-state index contributed by atoms with van der Waals surface area (Å²) in [5, 5.41) is 0. The maximum absolute atomic E-state index is 2.44. The average Bonchev–Trinajstić information content (AvgIpc) is 3.43. The lowest BCUT2D eigenvalue weighted by molar-refractivity contribution is 0.930. The van der Waals surface area contributed by atoms with E-state index in [-0.39, 0.29) is 0 Å². The Morgan fingerprint density at radius 1 is 0.221 bits per heavy atom. The molecular formula is C66H50N2. The van der Waals surface area contributed by atoms with Crippen molar-refractivity contribution in [2.45, 2.75) is 12.8 Å². The van der Waals surface area contributed by atoms with Gasteiger partial charge in [0.05, 0.1) is 0 Å². The van der Waals surface area contributed by atoms with Crippen molar-refractivity contribution in [2.24, 2.45) is 0 Å². The molecule has 324 valence electrons. The normalized spacial score (nSPS) is 12.2. The van der Waals surface area contributed by atoms with E-state index in [2.05, 4.69) is 289 Å². The van der Waals surface area contributed by atoms with Crippen molar-refractivity contribution in [3.63, 3.8) is 0 Å². The molecule has 0 bridgehead atoms. The minimum atomic E-state index is 0.935. The van der Waals surface area contributed by atoms with Crippen LogP contribution < -0.4 is 9.80 Å². The largest absolute Gasteiger partial charge is 0.314 e. The zero-order valence-corrected chi connectivity index (χ0v) is 37.9. The summed E-state index contributed by atoms with van der Waals surface area (Å²) in [6.07, 6.45) is 6.54. The predicted molar refractivity (Wildman–Crippen MR) is 289 cm³/mol. The van der Waals surface area contributed by atoms with Gasteiger partial charge in [-0.3, -0.25) is 0 Å². The summed E-state index contributed by atoms with van der Waals surface area (Å²) in [4.78, 5) is 4.77. The maximum Gasteiger partial charge on any atom is 0.0465 e. The number of hydrogen-bond donors (Lipinski definition) is 0. The number of nitrogens with zero attached hydrogens (tertiary/aromatic N) is 2. The van der Waals surface area contributed by atoms with E-state index in [4.69, 9.17) is 0 Å². The minimum absolute atomic E-state index is 0.935. The molecule has 0 aromatic heterocycles. The number of para-hydroxylation sites is 2. The molecule has 0 saturated carbocycles. The predicted octanol–water partition coefficient (Wildman–Crippen LogP) is 18.4. The van der Waals surface area contributed by atoms with Crippen molar-refractivity contribution in [1.82, 2.24) is 0 Å². The van der Waals surface area contributed by atoms with Crippen molar-refractivity contribution in [3.05, 3.63) is 290 Å². The van der Waals surface area contributed by atoms with Gasteiger partial charge in [0, 0.05) is 34.1 Å². The van der Waals surface area contributed by atoms with E-state index in [9.17, 15) is 0 Å². The fourth-order valence-electron chi connectivity index (χ4n) is 9.70. The first kappa shape index (κ1) is 41.9. The van der Waals surface area contributed by atoms with Gasteiger partial charge in [-0.2, -0.15) is 0 Å². The molecule has 0 spiro atoms. The van der Waals surface area contributed by atoms with Gasteiger partial charge < -0.3 is 9.80 Å². The Bertz CT molecular complexity index is 3340. The quantitative estimate of drug-likeness (QED) is 0.121. The second-order valence-corrected chi connectivity index (χ2v) is 17.2. The SMILES string of the molecule is C1=C(c2ccccc2)CCC(N(c2ccccc2)c2ccc(-c3ccccc3-c3ccccc3-c3ccc(N(c4ccccc4)c4ccc(-c5ccccc5)cc4)cc3)c(-c3ccccc3)c2)=C1. The highest BCUT2D eigenvalue weighted by atomic mass is 15.2. The highest BCUT2D eigenvalue weighted by Gasteiger charge is 2.22. The third-order valence-corrected chi connectivity index (χ3v) is 13.0. The van der Waals surface area contributed by atoms with Crippen molar-refractivity contribution >= 4 is 34.0 Å². The van der Waals surface area contributed by atoms with Crippen molar-refractivity contribution in [1.29, 1.82) is 0 Å². The molecule has 0 amide bonds. The highest BCUT2D eigenvalue weighted by Crippen LogP contribution is 2.45. The fourth-order valence-corrected chi connectivity index (χ4v) is 9.70. The van der Waals surface area contributed by atoms with Gasteiger partial charge in [-0.05, 0) is 146 Å². The van der Waals surface area contributed by atoms with Crippen LogP contribution in [-0.4, -0.2) is 0 Å². The monoisotopic (exact) mass is 870 g/mol. The summed E-state index contributed by atoms with van der Waals surface area (Å²) in [6.45, 7) is 0. The number of rotatable bonds is 12. The van der Waals surface area contributed by atoms with Crippen LogP contribution in [0.2, 0.25) is 0 Å². The zero-order valence-electron chi connectivity index (χ0n) is 37.9. The van der Waals surface area contributed by atoms with Crippen LogP contribution in [0, 0.1) is 0 Å². The van der Waals surface area contributed by atoms with Crippen LogP contribution in [0.4, 0.5) is 28.4 Å². The van der Waals surface area contributed by atoms with Crippen LogP contribution in [0.25, 0.3) is 61.2 Å². The Morgan fingerprint density at radius 3 is 1.12 bits per heavy atom. The molecule has 0 saturated heterocycles. The second kappa shape index (κ2) is 19.4. The Balaban J connectivity index is 0.974. The number of benzene rings is 10. The summed E-state index contributed by atoms with van der Waals surface area (Å²) >= 11 is 0. The molecule has 68 heavy (non-hydrogen) atoms. The lowest BCUT2D eigenvalue weighted by Crippen LogP contribution is -2.18. The molecule has 11 rings (SSSR count). The van der Waals surface area contributed by atoms with Gasteiger partial charge in [0.15, 0.2) is 0 Å². The van der Waals surface area contributed by atoms with Gasteiger partial charge in [0.2, 0.25) is 0 Å². The summed E-state index contributed by atoms with van der Waals surface area (Å²) in [6, 6.07) is 96.3. The van der Waals surface area contributed by atoms with E-state index in [1.165, 1.54) is 66.9 Å². The van der Waals surface area contributed by atoms with E-state index in [1.54, 1.807) is 0 Å². The van der Waals surface area contributed by atoms with Crippen LogP contribution in [0.1, 0.15) is 18.4 Å². The van der Waals surface area contributed by atoms with Crippen LogP contribution in [0.15, 0.2) is 285 Å². The fraction of sp³-hybridized carbons (Fsp3) is 0.0303. The lowest BCUT2D eigenvalue weighted by atomic mass is 9.86. The van der Waals surface area contributed by atoms with Crippen molar-refractivity contribution < 1.29 is 0 Å². The molecule has 0 N–H and O–H groups in total. The van der Waals surface area contributed by atoms with E-state index >= 15 is 0 Å². The van der Waals surface area contributed by atoms with Gasteiger partial charge in [-0.15, -0.1) is 0 Å². The maximum atomic E-state index is 2.44. The Kier molecular flexibility index (Phi) is 12.0. The number of hydrogen-bond acceptors (Lipinski definition) is 2. The molecule has 0 aliphatic heterocycles. The summed E-state index contributed by atoms with van der Waals surface area (Å²) in [5.41, 5.74) is 21.4. The van der Waals surface area contributed by atoms with Gasteiger partial charge in [-0.25, -0.2) is 0 Å². The molecule has 2 nitrogen and oxygen atoms in total. The molecule has 1 aliphatic carbocycles. The zero-order chi connectivity index (χ0) is 45.5. The third kappa shape index (κ3) is 8.72. The molecule has 10 aromatic carbocycles. The van der Waals surface area contributed by atoms with E-state index in [1.807, 2.05) is 0 Å². The van der Waals surface area contributed by atoms with Gasteiger partial charge >= 0.3 is 0 Å². The third-order valence-electron chi connectivity index (χ3n) is 13.0. The summed E-state index contributed by atoms with van der Waals surface area (Å²) in [7, 11) is 0. The Hall–Kier alpha value is -8.72. The molecule has 1 aliphatic rings. The summed E-state index contributed by atoms with van der Waals surface area (Å²) in [5.74, 6) is 0. The standard InChI is InChI=1S/C66H50N2/c1-6-20-49(21-7-1)51-34-40-57(41-35-51)67(55-26-12-4-13-27-55)58-44-38-54(39-45-58)61-30-16-17-31-62(61)63-32-18-19-33-64(63)65-47-46-60(48-66(65)53-24-10-3-11-25-53)68(56-28-14-5-15-29-56)59-42-36-52(37-43-59)50-22-8-2-9-23-50/h1-36,38-42,44-48H,37,43H2. The number of anilines is 5. The molecule has 0 atom stereocenters.